The molecule has 2 aliphatic carbocycles. The van der Waals surface area contributed by atoms with Crippen LogP contribution in [-0.4, -0.2) is 0 Å². The summed E-state index contributed by atoms with van der Waals surface area (Å²) in [7, 11) is 0. The van der Waals surface area contributed by atoms with Gasteiger partial charge in [-0.05, 0) is 114 Å². The minimum atomic E-state index is -0.518. The normalized spacial score (nSPS) is 13.9. The standard InChI is InChI=1S/C58H43N/c1-4-39-18-17-20-41(36-39)46-25-14-16-29-55(46)59(44-32-35-52-51(37-44)50-33-30-40-19-11-12-26-47(40)56(50)57(52,2)3)45-31-34-49-48-27-13-15-28-53(48)58(54(49)38-45,42-21-7-5-8-22-42)43-23-9-6-10-24-43/h4-38H,1H2,2-3H3. The average Bonchev–Trinajstić information content (AvgIpc) is 3.72. The van der Waals surface area contributed by atoms with Crippen molar-refractivity contribution in [2.75, 3.05) is 4.90 Å². The molecule has 1 nitrogen and oxygen atoms in total. The maximum absolute atomic E-state index is 4.10. The summed E-state index contributed by atoms with van der Waals surface area (Å²) >= 11 is 0. The Labute approximate surface area is 347 Å². The molecule has 0 aromatic heterocycles. The average molecular weight is 754 g/mol. The zero-order valence-electron chi connectivity index (χ0n) is 33.4. The molecule has 0 unspecified atom stereocenters. The molecule has 0 heterocycles. The van der Waals surface area contributed by atoms with Crippen LogP contribution in [0.4, 0.5) is 17.1 Å². The summed E-state index contributed by atoms with van der Waals surface area (Å²) in [4.78, 5) is 2.49. The van der Waals surface area contributed by atoms with E-state index in [1.807, 2.05) is 6.08 Å². The van der Waals surface area contributed by atoms with Gasteiger partial charge in [-0.3, -0.25) is 0 Å². The van der Waals surface area contributed by atoms with Crippen molar-refractivity contribution < 1.29 is 0 Å². The van der Waals surface area contributed by atoms with Gasteiger partial charge in [0.2, 0.25) is 0 Å². The predicted molar refractivity (Wildman–Crippen MR) is 249 cm³/mol. The summed E-state index contributed by atoms with van der Waals surface area (Å²) in [6.45, 7) is 8.87. The van der Waals surface area contributed by atoms with Gasteiger partial charge < -0.3 is 4.90 Å². The highest BCUT2D eigenvalue weighted by atomic mass is 15.1. The van der Waals surface area contributed by atoms with Gasteiger partial charge in [0.15, 0.2) is 0 Å². The molecule has 11 rings (SSSR count). The van der Waals surface area contributed by atoms with Gasteiger partial charge in [0, 0.05) is 22.4 Å². The molecule has 0 radical (unpaired) electrons. The molecule has 0 bridgehead atoms. The second-order valence-electron chi connectivity index (χ2n) is 16.5. The van der Waals surface area contributed by atoms with E-state index in [0.29, 0.717) is 0 Å². The summed E-state index contributed by atoms with van der Waals surface area (Å²) in [6, 6.07) is 76.5. The number of hydrogen-bond donors (Lipinski definition) is 0. The molecule has 59 heavy (non-hydrogen) atoms. The second kappa shape index (κ2) is 13.4. The van der Waals surface area contributed by atoms with Crippen LogP contribution in [0.2, 0.25) is 0 Å². The van der Waals surface area contributed by atoms with Gasteiger partial charge in [-0.25, -0.2) is 0 Å². The van der Waals surface area contributed by atoms with Gasteiger partial charge in [0.25, 0.3) is 0 Å². The third-order valence-corrected chi connectivity index (χ3v) is 13.1. The van der Waals surface area contributed by atoms with E-state index in [4.69, 9.17) is 0 Å². The summed E-state index contributed by atoms with van der Waals surface area (Å²) in [5, 5.41) is 2.61. The lowest BCUT2D eigenvalue weighted by Gasteiger charge is -2.35. The molecule has 9 aromatic rings. The maximum Gasteiger partial charge on any atom is 0.0714 e. The van der Waals surface area contributed by atoms with Crippen molar-refractivity contribution in [1.29, 1.82) is 0 Å². The fourth-order valence-corrected chi connectivity index (χ4v) is 10.5. The molecule has 280 valence electrons. The Balaban J connectivity index is 1.20. The van der Waals surface area contributed by atoms with Crippen LogP contribution in [0.15, 0.2) is 213 Å². The Morgan fingerprint density at radius 3 is 1.85 bits per heavy atom. The van der Waals surface area contributed by atoms with Crippen molar-refractivity contribution in [2.24, 2.45) is 0 Å². The van der Waals surface area contributed by atoms with Crippen molar-refractivity contribution in [2.45, 2.75) is 24.7 Å². The summed E-state index contributed by atoms with van der Waals surface area (Å²) < 4.78 is 0. The zero-order chi connectivity index (χ0) is 39.7. The first kappa shape index (κ1) is 35.0. The van der Waals surface area contributed by atoms with Gasteiger partial charge >= 0.3 is 0 Å². The van der Waals surface area contributed by atoms with Crippen LogP contribution in [0.25, 0.3) is 50.2 Å². The third-order valence-electron chi connectivity index (χ3n) is 13.1. The topological polar surface area (TPSA) is 3.24 Å². The van der Waals surface area contributed by atoms with Crippen LogP contribution in [0, 0.1) is 0 Å². The van der Waals surface area contributed by atoms with Gasteiger partial charge in [-0.15, -0.1) is 0 Å². The first-order valence-electron chi connectivity index (χ1n) is 20.6. The quantitative estimate of drug-likeness (QED) is 0.157. The predicted octanol–water partition coefficient (Wildman–Crippen LogP) is 15.3. The Morgan fingerprint density at radius 2 is 1.07 bits per heavy atom. The van der Waals surface area contributed by atoms with E-state index in [2.05, 4.69) is 232 Å². The lowest BCUT2D eigenvalue weighted by Crippen LogP contribution is -2.28. The van der Waals surface area contributed by atoms with Crippen LogP contribution in [0.5, 0.6) is 0 Å². The molecule has 0 saturated heterocycles. The zero-order valence-corrected chi connectivity index (χ0v) is 33.4. The Morgan fingerprint density at radius 1 is 0.441 bits per heavy atom. The van der Waals surface area contributed by atoms with Crippen LogP contribution >= 0.6 is 0 Å². The molecule has 0 aliphatic heterocycles. The minimum absolute atomic E-state index is 0.151. The van der Waals surface area contributed by atoms with Crippen LogP contribution in [0.1, 0.15) is 52.8 Å². The number of rotatable bonds is 7. The number of benzene rings is 9. The van der Waals surface area contributed by atoms with E-state index in [1.165, 1.54) is 66.4 Å². The van der Waals surface area contributed by atoms with Crippen LogP contribution in [0.3, 0.4) is 0 Å². The minimum Gasteiger partial charge on any atom is -0.310 e. The number of hydrogen-bond acceptors (Lipinski definition) is 1. The smallest absolute Gasteiger partial charge is 0.0714 e. The third kappa shape index (κ3) is 5.18. The molecule has 0 fully saturated rings. The largest absolute Gasteiger partial charge is 0.310 e. The summed E-state index contributed by atoms with van der Waals surface area (Å²) in [6.07, 6.45) is 1.93. The lowest BCUT2D eigenvalue weighted by atomic mass is 9.67. The van der Waals surface area contributed by atoms with E-state index >= 15 is 0 Å². The highest BCUT2D eigenvalue weighted by Crippen LogP contribution is 2.58. The first-order valence-corrected chi connectivity index (χ1v) is 20.6. The summed E-state index contributed by atoms with van der Waals surface area (Å²) in [5.74, 6) is 0. The van der Waals surface area contributed by atoms with Crippen LogP contribution < -0.4 is 4.90 Å². The highest BCUT2D eigenvalue weighted by Gasteiger charge is 2.46. The lowest BCUT2D eigenvalue weighted by molar-refractivity contribution is 0.666. The molecule has 0 amide bonds. The van der Waals surface area contributed by atoms with E-state index in [9.17, 15) is 0 Å². The number of fused-ring (bicyclic) bond motifs is 8. The monoisotopic (exact) mass is 753 g/mol. The molecule has 1 heteroatoms. The van der Waals surface area contributed by atoms with Crippen molar-refractivity contribution in [3.05, 3.63) is 252 Å². The second-order valence-corrected chi connectivity index (χ2v) is 16.5. The Kier molecular flexibility index (Phi) is 7.97. The van der Waals surface area contributed by atoms with Crippen molar-refractivity contribution in [1.82, 2.24) is 0 Å². The van der Waals surface area contributed by atoms with Crippen molar-refractivity contribution in [3.63, 3.8) is 0 Å². The molecule has 0 saturated carbocycles. The summed E-state index contributed by atoms with van der Waals surface area (Å²) in [5.41, 5.74) is 19.1. The molecule has 2 aliphatic rings. The maximum atomic E-state index is 4.10. The molecule has 9 aromatic carbocycles. The molecular formula is C58H43N. The van der Waals surface area contributed by atoms with Gasteiger partial charge in [-0.2, -0.15) is 0 Å². The SMILES string of the molecule is C=Cc1cccc(-c2ccccc2N(c2ccc3c(c2)-c2ccc4ccccc4c2C3(C)C)c2ccc3c(c2)C(c2ccccc2)(c2ccccc2)c2ccccc2-3)c1. The number of anilines is 3. The van der Waals surface area contributed by atoms with Gasteiger partial charge in [-0.1, -0.05) is 196 Å². The van der Waals surface area contributed by atoms with E-state index in [0.717, 1.165) is 33.8 Å². The Bertz CT molecular complexity index is 3060. The van der Waals surface area contributed by atoms with Crippen molar-refractivity contribution >= 4 is 33.9 Å². The van der Waals surface area contributed by atoms with E-state index in [-0.39, 0.29) is 5.41 Å². The van der Waals surface area contributed by atoms with E-state index in [1.54, 1.807) is 0 Å². The fourth-order valence-electron chi connectivity index (χ4n) is 10.5. The van der Waals surface area contributed by atoms with E-state index < -0.39 is 5.41 Å². The van der Waals surface area contributed by atoms with Gasteiger partial charge in [0.1, 0.15) is 0 Å². The van der Waals surface area contributed by atoms with Gasteiger partial charge in [0.05, 0.1) is 11.1 Å². The Hall–Kier alpha value is -7.22. The molecular weight excluding hydrogens is 711 g/mol. The number of nitrogens with zero attached hydrogens (tertiary/aromatic N) is 1. The van der Waals surface area contributed by atoms with Crippen LogP contribution in [-0.2, 0) is 10.8 Å². The fraction of sp³-hybridized carbons (Fsp3) is 0.0690. The van der Waals surface area contributed by atoms with Crippen molar-refractivity contribution in [3.8, 4) is 33.4 Å². The number of para-hydroxylation sites is 1. The molecule has 0 atom stereocenters. The molecule has 0 spiro atoms. The first-order chi connectivity index (χ1) is 29.0. The highest BCUT2D eigenvalue weighted by molar-refractivity contribution is 5.99. The molecule has 0 N–H and O–H groups in total.